The Kier molecular flexibility index (Phi) is 3.74. The molecule has 2 nitrogen and oxygen atoms in total. The van der Waals surface area contributed by atoms with Crippen molar-refractivity contribution in [3.63, 3.8) is 0 Å². The average molecular weight is 264 g/mol. The number of thioether (sulfide) groups is 1. The Morgan fingerprint density at radius 1 is 1.24 bits per heavy atom. The Balaban J connectivity index is 2.23. The molecule has 90 valence electrons. The van der Waals surface area contributed by atoms with Crippen LogP contribution in [0.25, 0.3) is 10.6 Å². The fourth-order valence-corrected chi connectivity index (χ4v) is 3.16. The number of hydrogen-bond donors (Lipinski definition) is 1. The first-order chi connectivity index (χ1) is 8.06. The van der Waals surface area contributed by atoms with E-state index in [2.05, 4.69) is 43.1 Å². The maximum atomic E-state index is 5.83. The Morgan fingerprint density at radius 2 is 1.88 bits per heavy atom. The number of benzene rings is 1. The van der Waals surface area contributed by atoms with E-state index in [1.54, 1.807) is 11.3 Å². The van der Waals surface area contributed by atoms with Gasteiger partial charge in [0.15, 0.2) is 0 Å². The van der Waals surface area contributed by atoms with Crippen molar-refractivity contribution in [3.05, 3.63) is 30.0 Å². The second kappa shape index (κ2) is 5.10. The number of nitrogen functional groups attached to an aromatic ring is 1. The van der Waals surface area contributed by atoms with E-state index < -0.39 is 0 Å². The quantitative estimate of drug-likeness (QED) is 0.844. The van der Waals surface area contributed by atoms with Gasteiger partial charge in [0.25, 0.3) is 0 Å². The van der Waals surface area contributed by atoms with E-state index in [0.29, 0.717) is 5.25 Å². The first kappa shape index (κ1) is 12.5. The second-order valence-electron chi connectivity index (χ2n) is 4.16. The normalized spacial score (nSPS) is 11.1. The number of thiazole rings is 1. The maximum Gasteiger partial charge on any atom is 0.125 e. The molecule has 0 saturated carbocycles. The second-order valence-corrected chi connectivity index (χ2v) is 6.84. The van der Waals surface area contributed by atoms with Crippen molar-refractivity contribution in [1.82, 2.24) is 4.98 Å². The van der Waals surface area contributed by atoms with Crippen LogP contribution in [0.2, 0.25) is 0 Å². The van der Waals surface area contributed by atoms with Gasteiger partial charge in [0, 0.05) is 15.7 Å². The zero-order valence-corrected chi connectivity index (χ0v) is 11.9. The van der Waals surface area contributed by atoms with Crippen LogP contribution in [-0.2, 0) is 0 Å². The van der Waals surface area contributed by atoms with Crippen LogP contribution >= 0.6 is 23.1 Å². The minimum absolute atomic E-state index is 0.610. The third kappa shape index (κ3) is 3.01. The van der Waals surface area contributed by atoms with Gasteiger partial charge in [-0.3, -0.25) is 0 Å². The Labute approximate surface area is 110 Å². The van der Waals surface area contributed by atoms with Gasteiger partial charge < -0.3 is 5.73 Å². The summed E-state index contributed by atoms with van der Waals surface area (Å²) in [4.78, 5) is 5.75. The Hall–Kier alpha value is -1.00. The van der Waals surface area contributed by atoms with Crippen LogP contribution in [0, 0.1) is 6.92 Å². The van der Waals surface area contributed by atoms with Crippen molar-refractivity contribution in [2.24, 2.45) is 0 Å². The molecule has 0 atom stereocenters. The van der Waals surface area contributed by atoms with Crippen molar-refractivity contribution < 1.29 is 0 Å². The topological polar surface area (TPSA) is 38.9 Å². The molecule has 0 saturated heterocycles. The number of nitrogens with two attached hydrogens (primary N) is 1. The SMILES string of the molecule is Cc1nc(-c2ccc(SC(C)C)cc2)sc1N. The summed E-state index contributed by atoms with van der Waals surface area (Å²) in [6, 6.07) is 8.52. The summed E-state index contributed by atoms with van der Waals surface area (Å²) >= 11 is 3.42. The summed E-state index contributed by atoms with van der Waals surface area (Å²) in [5.41, 5.74) is 7.89. The van der Waals surface area contributed by atoms with Crippen LogP contribution in [0.15, 0.2) is 29.2 Å². The van der Waals surface area contributed by atoms with Crippen LogP contribution in [-0.4, -0.2) is 10.2 Å². The van der Waals surface area contributed by atoms with Gasteiger partial charge >= 0.3 is 0 Å². The lowest BCUT2D eigenvalue weighted by molar-refractivity contribution is 1.11. The highest BCUT2D eigenvalue weighted by molar-refractivity contribution is 7.99. The molecule has 0 aliphatic heterocycles. The number of anilines is 1. The predicted molar refractivity (Wildman–Crippen MR) is 77.7 cm³/mol. The smallest absolute Gasteiger partial charge is 0.125 e. The van der Waals surface area contributed by atoms with Crippen molar-refractivity contribution in [2.45, 2.75) is 30.9 Å². The van der Waals surface area contributed by atoms with Gasteiger partial charge in [0.2, 0.25) is 0 Å². The fourth-order valence-electron chi connectivity index (χ4n) is 1.48. The zero-order valence-electron chi connectivity index (χ0n) is 10.2. The van der Waals surface area contributed by atoms with Crippen molar-refractivity contribution in [3.8, 4) is 10.6 Å². The van der Waals surface area contributed by atoms with E-state index in [4.69, 9.17) is 5.73 Å². The largest absolute Gasteiger partial charge is 0.389 e. The van der Waals surface area contributed by atoms with Crippen molar-refractivity contribution in [1.29, 1.82) is 0 Å². The molecule has 1 aromatic heterocycles. The number of aromatic nitrogens is 1. The molecular weight excluding hydrogens is 248 g/mol. The highest BCUT2D eigenvalue weighted by Crippen LogP contribution is 2.31. The molecule has 4 heteroatoms. The Bertz CT molecular complexity index is 481. The monoisotopic (exact) mass is 264 g/mol. The third-order valence-electron chi connectivity index (χ3n) is 2.31. The average Bonchev–Trinajstić information content (AvgIpc) is 2.59. The number of aryl methyl sites for hydroxylation is 1. The molecule has 2 N–H and O–H groups in total. The Morgan fingerprint density at radius 3 is 2.35 bits per heavy atom. The fraction of sp³-hybridized carbons (Fsp3) is 0.308. The number of rotatable bonds is 3. The number of nitrogens with zero attached hydrogens (tertiary/aromatic N) is 1. The lowest BCUT2D eigenvalue weighted by Crippen LogP contribution is -1.85. The van der Waals surface area contributed by atoms with Crippen LogP contribution in [0.5, 0.6) is 0 Å². The van der Waals surface area contributed by atoms with E-state index in [1.807, 2.05) is 18.7 Å². The molecule has 0 aliphatic rings. The molecule has 0 bridgehead atoms. The molecule has 0 unspecified atom stereocenters. The van der Waals surface area contributed by atoms with Gasteiger partial charge in [-0.15, -0.1) is 11.8 Å². The summed E-state index contributed by atoms with van der Waals surface area (Å²) in [7, 11) is 0. The molecule has 0 amide bonds. The first-order valence-electron chi connectivity index (χ1n) is 5.56. The van der Waals surface area contributed by atoms with E-state index in [0.717, 1.165) is 21.3 Å². The highest BCUT2D eigenvalue weighted by atomic mass is 32.2. The molecule has 1 heterocycles. The molecule has 0 spiro atoms. The van der Waals surface area contributed by atoms with Crippen LogP contribution in [0.3, 0.4) is 0 Å². The van der Waals surface area contributed by atoms with Gasteiger partial charge in [-0.2, -0.15) is 0 Å². The molecule has 2 rings (SSSR count). The summed E-state index contributed by atoms with van der Waals surface area (Å²) < 4.78 is 0. The molecular formula is C13H16N2S2. The molecule has 1 aromatic carbocycles. The summed E-state index contributed by atoms with van der Waals surface area (Å²) in [5, 5.41) is 2.42. The molecule has 2 aromatic rings. The van der Waals surface area contributed by atoms with Gasteiger partial charge in [0.05, 0.1) is 5.69 Å². The van der Waals surface area contributed by atoms with Gasteiger partial charge in [-0.25, -0.2) is 4.98 Å². The highest BCUT2D eigenvalue weighted by Gasteiger charge is 2.07. The van der Waals surface area contributed by atoms with E-state index >= 15 is 0 Å². The first-order valence-corrected chi connectivity index (χ1v) is 7.26. The molecule has 17 heavy (non-hydrogen) atoms. The van der Waals surface area contributed by atoms with E-state index in [-0.39, 0.29) is 0 Å². The molecule has 0 radical (unpaired) electrons. The van der Waals surface area contributed by atoms with Crippen LogP contribution < -0.4 is 5.73 Å². The standard InChI is InChI=1S/C13H16N2S2/c1-8(2)16-11-6-4-10(5-7-11)13-15-9(3)12(14)17-13/h4-8H,14H2,1-3H3. The lowest BCUT2D eigenvalue weighted by atomic mass is 10.2. The lowest BCUT2D eigenvalue weighted by Gasteiger charge is -2.04. The molecule has 0 fully saturated rings. The molecule has 0 aliphatic carbocycles. The minimum atomic E-state index is 0.610. The summed E-state index contributed by atoms with van der Waals surface area (Å²) in [6.45, 7) is 6.34. The zero-order chi connectivity index (χ0) is 12.4. The van der Waals surface area contributed by atoms with E-state index in [1.165, 1.54) is 4.90 Å². The van der Waals surface area contributed by atoms with E-state index in [9.17, 15) is 0 Å². The predicted octanol–water partition coefficient (Wildman–Crippen LogP) is 4.20. The van der Waals surface area contributed by atoms with Crippen molar-refractivity contribution in [2.75, 3.05) is 5.73 Å². The van der Waals surface area contributed by atoms with Crippen molar-refractivity contribution >= 4 is 28.1 Å². The number of hydrogen-bond acceptors (Lipinski definition) is 4. The van der Waals surface area contributed by atoms with Gasteiger partial charge in [-0.05, 0) is 19.1 Å². The summed E-state index contributed by atoms with van der Waals surface area (Å²) in [6.07, 6.45) is 0. The third-order valence-corrected chi connectivity index (χ3v) is 4.36. The minimum Gasteiger partial charge on any atom is -0.389 e. The summed E-state index contributed by atoms with van der Waals surface area (Å²) in [5.74, 6) is 0. The van der Waals surface area contributed by atoms with Crippen LogP contribution in [0.1, 0.15) is 19.5 Å². The van der Waals surface area contributed by atoms with Crippen LogP contribution in [0.4, 0.5) is 5.00 Å². The van der Waals surface area contributed by atoms with Gasteiger partial charge in [0.1, 0.15) is 10.0 Å². The maximum absolute atomic E-state index is 5.83. The van der Waals surface area contributed by atoms with Gasteiger partial charge in [-0.1, -0.05) is 37.3 Å².